The zero-order valence-electron chi connectivity index (χ0n) is 17.5. The minimum atomic E-state index is -0.563. The van der Waals surface area contributed by atoms with Gasteiger partial charge >= 0.3 is 0 Å². The van der Waals surface area contributed by atoms with Crippen molar-refractivity contribution in [3.63, 3.8) is 0 Å². The Kier molecular flexibility index (Phi) is 7.37. The lowest BCUT2D eigenvalue weighted by atomic mass is 10.1. The van der Waals surface area contributed by atoms with Gasteiger partial charge in [-0.3, -0.25) is 19.8 Å². The summed E-state index contributed by atoms with van der Waals surface area (Å²) >= 11 is 5.07. The Labute approximate surface area is 191 Å². The summed E-state index contributed by atoms with van der Waals surface area (Å²) in [6.45, 7) is 6.23. The molecule has 162 valence electrons. The predicted octanol–water partition coefficient (Wildman–Crippen LogP) is 3.35. The molecule has 7 nitrogen and oxygen atoms in total. The van der Waals surface area contributed by atoms with E-state index in [0.717, 1.165) is 5.56 Å². The van der Waals surface area contributed by atoms with Crippen LogP contribution in [0.4, 0.5) is 0 Å². The Hall–Kier alpha value is -3.96. The maximum absolute atomic E-state index is 12.7. The molecule has 1 saturated heterocycles. The van der Waals surface area contributed by atoms with E-state index in [1.165, 1.54) is 17.1 Å². The van der Waals surface area contributed by atoms with Crippen LogP contribution in [0.1, 0.15) is 23.6 Å². The number of nitrogens with zero attached hydrogens (tertiary/aromatic N) is 2. The molecule has 0 saturated carbocycles. The normalized spacial score (nSPS) is 14.7. The molecule has 32 heavy (non-hydrogen) atoms. The number of rotatable bonds is 8. The molecule has 0 bridgehead atoms. The number of nitrogens with one attached hydrogen (secondary N) is 1. The smallest absolute Gasteiger partial charge is 0.265 e. The molecule has 2 amide bonds. The molecule has 1 aliphatic heterocycles. The molecule has 8 heteroatoms. The summed E-state index contributed by atoms with van der Waals surface area (Å²) in [7, 11) is 0. The van der Waals surface area contributed by atoms with E-state index in [2.05, 4.69) is 18.0 Å². The van der Waals surface area contributed by atoms with Gasteiger partial charge in [-0.25, -0.2) is 0 Å². The van der Waals surface area contributed by atoms with Crippen LogP contribution in [0.3, 0.4) is 0 Å². The SMILES string of the molecule is C=CCN1C(=O)/C(=C\c2ccc(OCc3ccccc3C#N)c(OCC)c2)C(=O)NC1=S. The van der Waals surface area contributed by atoms with Gasteiger partial charge in [0.1, 0.15) is 12.2 Å². The van der Waals surface area contributed by atoms with Crippen LogP contribution in [0.5, 0.6) is 11.5 Å². The van der Waals surface area contributed by atoms with E-state index in [9.17, 15) is 14.9 Å². The average Bonchev–Trinajstić information content (AvgIpc) is 2.79. The van der Waals surface area contributed by atoms with Crippen molar-refractivity contribution in [2.45, 2.75) is 13.5 Å². The van der Waals surface area contributed by atoms with Gasteiger partial charge in [0.15, 0.2) is 16.6 Å². The van der Waals surface area contributed by atoms with E-state index < -0.39 is 11.8 Å². The summed E-state index contributed by atoms with van der Waals surface area (Å²) in [4.78, 5) is 26.3. The monoisotopic (exact) mass is 447 g/mol. The molecule has 1 heterocycles. The number of thiocarbonyl (C=S) groups is 1. The van der Waals surface area contributed by atoms with Gasteiger partial charge in [0.05, 0.1) is 18.2 Å². The lowest BCUT2D eigenvalue weighted by Gasteiger charge is -2.27. The maximum Gasteiger partial charge on any atom is 0.265 e. The van der Waals surface area contributed by atoms with E-state index in [4.69, 9.17) is 21.7 Å². The third-order valence-electron chi connectivity index (χ3n) is 4.60. The van der Waals surface area contributed by atoms with Gasteiger partial charge in [-0.15, -0.1) is 6.58 Å². The van der Waals surface area contributed by atoms with E-state index in [0.29, 0.717) is 29.2 Å². The molecule has 0 spiro atoms. The second-order valence-electron chi connectivity index (χ2n) is 6.72. The van der Waals surface area contributed by atoms with Gasteiger partial charge in [0.25, 0.3) is 11.8 Å². The van der Waals surface area contributed by atoms with Crippen LogP contribution in [-0.4, -0.2) is 35.0 Å². The first-order chi connectivity index (χ1) is 15.5. The fourth-order valence-electron chi connectivity index (χ4n) is 3.07. The number of ether oxygens (including phenoxy) is 2. The highest BCUT2D eigenvalue weighted by atomic mass is 32.1. The Morgan fingerprint density at radius 1 is 1.19 bits per heavy atom. The number of hydrogen-bond donors (Lipinski definition) is 1. The lowest BCUT2D eigenvalue weighted by molar-refractivity contribution is -0.128. The first kappa shape index (κ1) is 22.7. The number of carbonyl (C=O) groups excluding carboxylic acids is 2. The molecule has 1 fully saturated rings. The molecule has 1 N–H and O–H groups in total. The van der Waals surface area contributed by atoms with Gasteiger partial charge in [0.2, 0.25) is 0 Å². The second-order valence-corrected chi connectivity index (χ2v) is 7.11. The Morgan fingerprint density at radius 3 is 2.69 bits per heavy atom. The Balaban J connectivity index is 1.87. The summed E-state index contributed by atoms with van der Waals surface area (Å²) in [6.07, 6.45) is 3.01. The second kappa shape index (κ2) is 10.4. The summed E-state index contributed by atoms with van der Waals surface area (Å²) in [6, 6.07) is 14.4. The summed E-state index contributed by atoms with van der Waals surface area (Å²) < 4.78 is 11.6. The van der Waals surface area contributed by atoms with Crippen molar-refractivity contribution < 1.29 is 19.1 Å². The Bertz CT molecular complexity index is 1150. The predicted molar refractivity (Wildman–Crippen MR) is 124 cm³/mol. The molecule has 0 atom stereocenters. The number of amides is 2. The molecule has 3 rings (SSSR count). The minimum absolute atomic E-state index is 0.0421. The van der Waals surface area contributed by atoms with Crippen molar-refractivity contribution in [1.82, 2.24) is 10.2 Å². The van der Waals surface area contributed by atoms with E-state index in [-0.39, 0.29) is 23.8 Å². The van der Waals surface area contributed by atoms with Crippen LogP contribution in [0, 0.1) is 11.3 Å². The first-order valence-corrected chi connectivity index (χ1v) is 10.3. The number of hydrogen-bond acceptors (Lipinski definition) is 6. The average molecular weight is 448 g/mol. The van der Waals surface area contributed by atoms with Crippen molar-refractivity contribution in [1.29, 1.82) is 5.26 Å². The highest BCUT2D eigenvalue weighted by molar-refractivity contribution is 7.80. The third-order valence-corrected chi connectivity index (χ3v) is 4.92. The Morgan fingerprint density at radius 2 is 1.97 bits per heavy atom. The van der Waals surface area contributed by atoms with Crippen LogP contribution < -0.4 is 14.8 Å². The largest absolute Gasteiger partial charge is 0.490 e. The van der Waals surface area contributed by atoms with Gasteiger partial charge < -0.3 is 9.47 Å². The van der Waals surface area contributed by atoms with Crippen molar-refractivity contribution >= 4 is 35.2 Å². The van der Waals surface area contributed by atoms with Gasteiger partial charge in [0, 0.05) is 12.1 Å². The maximum atomic E-state index is 12.7. The molecule has 2 aromatic rings. The van der Waals surface area contributed by atoms with Crippen molar-refractivity contribution in [2.75, 3.05) is 13.2 Å². The molecular formula is C24H21N3O4S. The molecule has 0 aliphatic carbocycles. The third kappa shape index (κ3) is 5.02. The first-order valence-electron chi connectivity index (χ1n) is 9.85. The van der Waals surface area contributed by atoms with Crippen LogP contribution >= 0.6 is 12.2 Å². The van der Waals surface area contributed by atoms with Crippen LogP contribution in [0.15, 0.2) is 60.7 Å². The minimum Gasteiger partial charge on any atom is -0.490 e. The highest BCUT2D eigenvalue weighted by Crippen LogP contribution is 2.31. The summed E-state index contributed by atoms with van der Waals surface area (Å²) in [5.74, 6) is -0.120. The fraction of sp³-hybridized carbons (Fsp3) is 0.167. The van der Waals surface area contributed by atoms with Crippen molar-refractivity contribution in [2.24, 2.45) is 0 Å². The van der Waals surface area contributed by atoms with Gasteiger partial charge in [-0.05, 0) is 49.0 Å². The van der Waals surface area contributed by atoms with Crippen LogP contribution in [0.2, 0.25) is 0 Å². The highest BCUT2D eigenvalue weighted by Gasteiger charge is 2.32. The summed E-state index contributed by atoms with van der Waals surface area (Å²) in [5.41, 5.74) is 1.84. The molecule has 1 aliphatic rings. The van der Waals surface area contributed by atoms with Crippen LogP contribution in [0.25, 0.3) is 6.08 Å². The van der Waals surface area contributed by atoms with Gasteiger partial charge in [-0.1, -0.05) is 30.3 Å². The van der Waals surface area contributed by atoms with Gasteiger partial charge in [-0.2, -0.15) is 5.26 Å². The zero-order chi connectivity index (χ0) is 23.1. The number of nitriles is 1. The van der Waals surface area contributed by atoms with Crippen molar-refractivity contribution in [3.8, 4) is 17.6 Å². The standard InChI is InChI=1S/C24H21N3O4S/c1-3-11-27-23(29)19(22(28)26-24(27)32)12-16-9-10-20(21(13-16)30-4-2)31-15-18-8-6-5-7-17(18)14-25/h3,5-10,12-13H,1,4,11,15H2,2H3,(H,26,28,32)/b19-12-. The molecule has 0 radical (unpaired) electrons. The molecular weight excluding hydrogens is 426 g/mol. The fourth-order valence-corrected chi connectivity index (χ4v) is 3.32. The summed E-state index contributed by atoms with van der Waals surface area (Å²) in [5, 5.41) is 11.8. The topological polar surface area (TPSA) is 91.7 Å². The lowest BCUT2D eigenvalue weighted by Crippen LogP contribution is -2.53. The van der Waals surface area contributed by atoms with Crippen LogP contribution in [-0.2, 0) is 16.2 Å². The van der Waals surface area contributed by atoms with E-state index in [1.54, 1.807) is 30.3 Å². The molecule has 0 aromatic heterocycles. The van der Waals surface area contributed by atoms with E-state index >= 15 is 0 Å². The molecule has 2 aromatic carbocycles. The van der Waals surface area contributed by atoms with E-state index in [1.807, 2.05) is 19.1 Å². The van der Waals surface area contributed by atoms with Crippen molar-refractivity contribution in [3.05, 3.63) is 77.4 Å². The number of benzene rings is 2. The zero-order valence-corrected chi connectivity index (χ0v) is 18.3. The number of carbonyl (C=O) groups is 2. The quantitative estimate of drug-likeness (QED) is 0.289. The molecule has 0 unspecified atom stereocenters.